The molecular weight excluding hydrogens is 230 g/mol. The smallest absolute Gasteiger partial charge is 0.258 e. The maximum absolute atomic E-state index is 11.2. The number of hydrogen-bond acceptors (Lipinski definition) is 4. The zero-order valence-electron chi connectivity index (χ0n) is 8.88. The molecule has 0 saturated heterocycles. The molecule has 1 rings (SSSR count). The van der Waals surface area contributed by atoms with E-state index in [-0.39, 0.29) is 10.6 Å². The minimum Gasteiger partial charge on any atom is -0.258 e. The van der Waals surface area contributed by atoms with Gasteiger partial charge in [-0.25, -0.2) is 8.42 Å². The predicted molar refractivity (Wildman–Crippen MR) is 60.2 cm³/mol. The molecule has 0 atom stereocenters. The highest BCUT2D eigenvalue weighted by molar-refractivity contribution is 7.90. The van der Waals surface area contributed by atoms with E-state index >= 15 is 0 Å². The maximum atomic E-state index is 11.2. The lowest BCUT2D eigenvalue weighted by molar-refractivity contribution is -0.375. The van der Waals surface area contributed by atoms with Crippen LogP contribution >= 0.6 is 0 Å². The summed E-state index contributed by atoms with van der Waals surface area (Å²) in [5, 5.41) is 10.6. The highest BCUT2D eigenvalue weighted by Gasteiger charge is 2.13. The van der Waals surface area contributed by atoms with E-state index in [0.29, 0.717) is 5.56 Å². The van der Waals surface area contributed by atoms with Crippen LogP contribution in [0.1, 0.15) is 12.5 Å². The van der Waals surface area contributed by atoms with Crippen LogP contribution in [0.25, 0.3) is 5.70 Å². The van der Waals surface area contributed by atoms with Crippen LogP contribution in [-0.2, 0) is 9.84 Å². The van der Waals surface area contributed by atoms with Gasteiger partial charge in [0.1, 0.15) is 0 Å². The van der Waals surface area contributed by atoms with Crippen molar-refractivity contribution in [1.29, 1.82) is 0 Å². The van der Waals surface area contributed by atoms with Crippen LogP contribution in [0.15, 0.2) is 35.2 Å². The molecule has 0 radical (unpaired) electrons. The third kappa shape index (κ3) is 2.66. The van der Waals surface area contributed by atoms with Crippen molar-refractivity contribution in [3.05, 3.63) is 46.0 Å². The number of nitrogens with zero attached hydrogens (tertiary/aromatic N) is 1. The zero-order chi connectivity index (χ0) is 12.3. The van der Waals surface area contributed by atoms with Gasteiger partial charge < -0.3 is 0 Å². The summed E-state index contributed by atoms with van der Waals surface area (Å²) < 4.78 is 22.3. The number of hydrogen-bond donors (Lipinski definition) is 0. The van der Waals surface area contributed by atoms with Crippen LogP contribution in [0, 0.1) is 10.1 Å². The molecule has 0 aliphatic heterocycles. The van der Waals surface area contributed by atoms with Gasteiger partial charge in [0, 0.05) is 6.26 Å². The van der Waals surface area contributed by atoms with Crippen LogP contribution in [-0.4, -0.2) is 19.6 Å². The van der Waals surface area contributed by atoms with Crippen molar-refractivity contribution in [2.75, 3.05) is 6.26 Å². The average molecular weight is 241 g/mol. The van der Waals surface area contributed by atoms with Gasteiger partial charge in [0.05, 0.1) is 15.4 Å². The quantitative estimate of drug-likeness (QED) is 0.596. The summed E-state index contributed by atoms with van der Waals surface area (Å²) in [4.78, 5) is 10.3. The normalized spacial score (nSPS) is 12.5. The monoisotopic (exact) mass is 241 g/mol. The molecule has 5 nitrogen and oxygen atoms in total. The molecule has 6 heteroatoms. The third-order valence-electron chi connectivity index (χ3n) is 2.05. The SMILES string of the molecule is CC=C(c1ccc(S(C)(=O)=O)cc1)[N+](=O)[O-]. The number of rotatable bonds is 3. The molecule has 1 aromatic rings. The molecule has 16 heavy (non-hydrogen) atoms. The second-order valence-corrected chi connectivity index (χ2v) is 5.24. The number of benzene rings is 1. The molecule has 0 aromatic heterocycles. The Morgan fingerprint density at radius 1 is 1.31 bits per heavy atom. The van der Waals surface area contributed by atoms with Crippen LogP contribution in [0.4, 0.5) is 0 Å². The van der Waals surface area contributed by atoms with Gasteiger partial charge in [0.15, 0.2) is 9.84 Å². The second kappa shape index (κ2) is 4.44. The lowest BCUT2D eigenvalue weighted by Crippen LogP contribution is -2.00. The lowest BCUT2D eigenvalue weighted by atomic mass is 10.1. The van der Waals surface area contributed by atoms with Gasteiger partial charge in [-0.1, -0.05) is 0 Å². The van der Waals surface area contributed by atoms with Gasteiger partial charge >= 0.3 is 0 Å². The van der Waals surface area contributed by atoms with Crippen molar-refractivity contribution >= 4 is 15.5 Å². The highest BCUT2D eigenvalue weighted by atomic mass is 32.2. The van der Waals surface area contributed by atoms with Crippen LogP contribution < -0.4 is 0 Å². The first-order valence-electron chi connectivity index (χ1n) is 4.47. The Morgan fingerprint density at radius 3 is 2.12 bits per heavy atom. The molecule has 0 N–H and O–H groups in total. The van der Waals surface area contributed by atoms with Gasteiger partial charge in [0.25, 0.3) is 5.70 Å². The van der Waals surface area contributed by atoms with Crippen LogP contribution in [0.3, 0.4) is 0 Å². The van der Waals surface area contributed by atoms with Crippen molar-refractivity contribution < 1.29 is 13.3 Å². The fourth-order valence-corrected chi connectivity index (χ4v) is 1.88. The summed E-state index contributed by atoms with van der Waals surface area (Å²) in [5.41, 5.74) is 0.347. The van der Waals surface area contributed by atoms with E-state index < -0.39 is 14.8 Å². The molecule has 0 unspecified atom stereocenters. The molecule has 0 aliphatic rings. The molecule has 0 bridgehead atoms. The van der Waals surface area contributed by atoms with E-state index in [2.05, 4.69) is 0 Å². The number of sulfone groups is 1. The molecule has 0 saturated carbocycles. The molecule has 0 heterocycles. The first-order chi connectivity index (χ1) is 7.36. The minimum atomic E-state index is -3.26. The zero-order valence-corrected chi connectivity index (χ0v) is 9.69. The molecule has 1 aromatic carbocycles. The number of allylic oxidation sites excluding steroid dienone is 1. The Bertz CT molecular complexity index is 528. The average Bonchev–Trinajstić information content (AvgIpc) is 2.17. The summed E-state index contributed by atoms with van der Waals surface area (Å²) in [7, 11) is -3.26. The van der Waals surface area contributed by atoms with Crippen molar-refractivity contribution in [2.45, 2.75) is 11.8 Å². The van der Waals surface area contributed by atoms with Crippen molar-refractivity contribution in [3.8, 4) is 0 Å². The van der Waals surface area contributed by atoms with E-state index in [9.17, 15) is 18.5 Å². The molecule has 0 amide bonds. The van der Waals surface area contributed by atoms with Crippen molar-refractivity contribution in [1.82, 2.24) is 0 Å². The van der Waals surface area contributed by atoms with E-state index in [1.54, 1.807) is 6.92 Å². The Labute approximate surface area is 93.5 Å². The predicted octanol–water partition coefficient (Wildman–Crippen LogP) is 1.73. The maximum Gasteiger partial charge on any atom is 0.272 e. The van der Waals surface area contributed by atoms with E-state index in [0.717, 1.165) is 6.26 Å². The van der Waals surface area contributed by atoms with Gasteiger partial charge in [-0.15, -0.1) is 0 Å². The number of nitro groups is 1. The highest BCUT2D eigenvalue weighted by Crippen LogP contribution is 2.17. The summed E-state index contributed by atoms with van der Waals surface area (Å²) in [6.45, 7) is 1.56. The Kier molecular flexibility index (Phi) is 3.44. The van der Waals surface area contributed by atoms with Gasteiger partial charge in [-0.05, 0) is 37.3 Å². The Balaban J connectivity index is 3.19. The molecular formula is C10H11NO4S. The second-order valence-electron chi connectivity index (χ2n) is 3.23. The molecule has 0 spiro atoms. The van der Waals surface area contributed by atoms with Crippen molar-refractivity contribution in [2.24, 2.45) is 0 Å². The minimum absolute atomic E-state index is 0.0416. The van der Waals surface area contributed by atoms with Crippen LogP contribution in [0.2, 0.25) is 0 Å². The van der Waals surface area contributed by atoms with Crippen LogP contribution in [0.5, 0.6) is 0 Å². The lowest BCUT2D eigenvalue weighted by Gasteiger charge is -2.00. The standard InChI is InChI=1S/C10H11NO4S/c1-3-10(11(12)13)8-4-6-9(7-5-8)16(2,14)15/h3-7H,1-2H3. The van der Waals surface area contributed by atoms with Gasteiger partial charge in [-0.3, -0.25) is 10.1 Å². The third-order valence-corrected chi connectivity index (χ3v) is 3.18. The topological polar surface area (TPSA) is 77.3 Å². The summed E-state index contributed by atoms with van der Waals surface area (Å²) in [5.74, 6) is 0. The van der Waals surface area contributed by atoms with E-state index in [1.165, 1.54) is 30.3 Å². The summed E-state index contributed by atoms with van der Waals surface area (Å²) in [6.07, 6.45) is 2.46. The van der Waals surface area contributed by atoms with Gasteiger partial charge in [-0.2, -0.15) is 0 Å². The van der Waals surface area contributed by atoms with Gasteiger partial charge in [0.2, 0.25) is 0 Å². The van der Waals surface area contributed by atoms with E-state index in [1.807, 2.05) is 0 Å². The largest absolute Gasteiger partial charge is 0.272 e. The first kappa shape index (κ1) is 12.4. The van der Waals surface area contributed by atoms with E-state index in [4.69, 9.17) is 0 Å². The molecule has 86 valence electrons. The van der Waals surface area contributed by atoms with Crippen molar-refractivity contribution in [3.63, 3.8) is 0 Å². The fourth-order valence-electron chi connectivity index (χ4n) is 1.25. The Morgan fingerprint density at radius 2 is 1.81 bits per heavy atom. The Hall–Kier alpha value is -1.69. The first-order valence-corrected chi connectivity index (χ1v) is 6.36. The summed E-state index contributed by atoms with van der Waals surface area (Å²) >= 11 is 0. The summed E-state index contributed by atoms with van der Waals surface area (Å²) in [6, 6.07) is 5.57. The molecule has 0 fully saturated rings. The fraction of sp³-hybridized carbons (Fsp3) is 0.200. The molecule has 0 aliphatic carbocycles.